The number of carbonyl (C=O) groups excluding carboxylic acids is 1. The molecule has 2 aliphatic rings. The summed E-state index contributed by atoms with van der Waals surface area (Å²) in [5.74, 6) is 1.72. The number of fused-ring (bicyclic) bond motifs is 1. The Hall–Kier alpha value is -2.78. The molecule has 2 aliphatic heterocycles. The van der Waals surface area contributed by atoms with Crippen molar-refractivity contribution in [3.05, 3.63) is 48.0 Å². The van der Waals surface area contributed by atoms with Gasteiger partial charge in [-0.15, -0.1) is 0 Å². The fourth-order valence-electron chi connectivity index (χ4n) is 4.00. The first-order valence-electron chi connectivity index (χ1n) is 10.7. The second-order valence-corrected chi connectivity index (χ2v) is 9.93. The molecule has 9 heteroatoms. The van der Waals surface area contributed by atoms with Gasteiger partial charge in [-0.25, -0.2) is 8.42 Å². The quantitative estimate of drug-likeness (QED) is 0.713. The maximum Gasteiger partial charge on any atom is 0.243 e. The molecule has 0 spiro atoms. The van der Waals surface area contributed by atoms with Crippen LogP contribution in [0.3, 0.4) is 0 Å². The zero-order valence-corrected chi connectivity index (χ0v) is 19.1. The third kappa shape index (κ3) is 4.68. The van der Waals surface area contributed by atoms with E-state index in [1.54, 1.807) is 24.3 Å². The Balaban J connectivity index is 1.34. The summed E-state index contributed by atoms with van der Waals surface area (Å²) in [6.45, 7) is 3.59. The van der Waals surface area contributed by atoms with E-state index in [0.717, 1.165) is 5.56 Å². The van der Waals surface area contributed by atoms with Crippen LogP contribution in [0.1, 0.15) is 31.4 Å². The summed E-state index contributed by atoms with van der Waals surface area (Å²) in [7, 11) is -2.05. The molecule has 2 heterocycles. The lowest BCUT2D eigenvalue weighted by Gasteiger charge is -2.31. The van der Waals surface area contributed by atoms with Gasteiger partial charge in [-0.1, -0.05) is 6.07 Å². The van der Waals surface area contributed by atoms with E-state index in [4.69, 9.17) is 14.2 Å². The van der Waals surface area contributed by atoms with Crippen molar-refractivity contribution in [2.24, 2.45) is 5.92 Å². The molecule has 32 heavy (non-hydrogen) atoms. The number of piperidine rings is 1. The first kappa shape index (κ1) is 22.4. The second kappa shape index (κ2) is 9.38. The fourth-order valence-corrected chi connectivity index (χ4v) is 5.47. The summed E-state index contributed by atoms with van der Waals surface area (Å²) < 4.78 is 43.5. The summed E-state index contributed by atoms with van der Waals surface area (Å²) >= 11 is 0. The van der Waals surface area contributed by atoms with E-state index in [1.165, 1.54) is 11.4 Å². The largest absolute Gasteiger partial charge is 0.497 e. The van der Waals surface area contributed by atoms with Crippen LogP contribution in [0, 0.1) is 5.92 Å². The summed E-state index contributed by atoms with van der Waals surface area (Å²) in [5.41, 5.74) is 0.933. The van der Waals surface area contributed by atoms with Crippen LogP contribution < -0.4 is 19.5 Å². The average molecular weight is 461 g/mol. The van der Waals surface area contributed by atoms with Crippen LogP contribution in [0.4, 0.5) is 0 Å². The minimum Gasteiger partial charge on any atom is -0.497 e. The molecule has 1 fully saturated rings. The molecular formula is C23H28N2O6S. The van der Waals surface area contributed by atoms with E-state index in [9.17, 15) is 13.2 Å². The molecule has 2 aromatic carbocycles. The first-order chi connectivity index (χ1) is 15.4. The lowest BCUT2D eigenvalue weighted by atomic mass is 9.96. The highest BCUT2D eigenvalue weighted by molar-refractivity contribution is 7.89. The molecule has 0 aromatic heterocycles. The zero-order chi connectivity index (χ0) is 22.7. The number of sulfonamides is 1. The Bertz CT molecular complexity index is 1060. The highest BCUT2D eigenvalue weighted by Gasteiger charge is 2.32. The number of ether oxygens (including phenoxy) is 3. The van der Waals surface area contributed by atoms with E-state index in [1.807, 2.05) is 25.1 Å². The van der Waals surface area contributed by atoms with Crippen LogP contribution in [0.15, 0.2) is 47.4 Å². The average Bonchev–Trinajstić information content (AvgIpc) is 2.83. The summed E-state index contributed by atoms with van der Waals surface area (Å²) in [6.07, 6.45) is 0.962. The van der Waals surface area contributed by atoms with Gasteiger partial charge in [-0.2, -0.15) is 4.31 Å². The molecule has 0 radical (unpaired) electrons. The van der Waals surface area contributed by atoms with Gasteiger partial charge in [-0.3, -0.25) is 4.79 Å². The molecule has 1 N–H and O–H groups in total. The normalized spacial score (nSPS) is 18.1. The Kier molecular flexibility index (Phi) is 6.57. The monoisotopic (exact) mass is 460 g/mol. The fraction of sp³-hybridized carbons (Fsp3) is 0.435. The van der Waals surface area contributed by atoms with Gasteiger partial charge in [0.2, 0.25) is 15.9 Å². The van der Waals surface area contributed by atoms with Crippen molar-refractivity contribution in [3.8, 4) is 17.2 Å². The third-order valence-corrected chi connectivity index (χ3v) is 7.86. The molecular weight excluding hydrogens is 432 g/mol. The Morgan fingerprint density at radius 1 is 1.06 bits per heavy atom. The van der Waals surface area contributed by atoms with E-state index in [2.05, 4.69) is 5.32 Å². The molecule has 0 bridgehead atoms. The summed E-state index contributed by atoms with van der Waals surface area (Å²) in [5, 5.41) is 3.05. The minimum atomic E-state index is -3.59. The van der Waals surface area contributed by atoms with Crippen molar-refractivity contribution in [1.82, 2.24) is 9.62 Å². The molecule has 2 aromatic rings. The highest BCUT2D eigenvalue weighted by atomic mass is 32.2. The van der Waals surface area contributed by atoms with Crippen LogP contribution in [-0.2, 0) is 14.8 Å². The van der Waals surface area contributed by atoms with Gasteiger partial charge in [0.05, 0.1) is 18.0 Å². The van der Waals surface area contributed by atoms with Crippen molar-refractivity contribution in [2.75, 3.05) is 33.4 Å². The van der Waals surface area contributed by atoms with Crippen molar-refractivity contribution in [1.29, 1.82) is 0 Å². The number of benzene rings is 2. The lowest BCUT2D eigenvalue weighted by Crippen LogP contribution is -2.43. The zero-order valence-electron chi connectivity index (χ0n) is 18.2. The number of methoxy groups -OCH3 is 1. The van der Waals surface area contributed by atoms with Crippen molar-refractivity contribution < 1.29 is 27.4 Å². The van der Waals surface area contributed by atoms with E-state index >= 15 is 0 Å². The molecule has 0 saturated carbocycles. The Morgan fingerprint density at radius 3 is 2.38 bits per heavy atom. The molecule has 1 atom stereocenters. The molecule has 8 nitrogen and oxygen atoms in total. The molecule has 1 saturated heterocycles. The van der Waals surface area contributed by atoms with Crippen LogP contribution in [0.25, 0.3) is 0 Å². The van der Waals surface area contributed by atoms with Crippen molar-refractivity contribution >= 4 is 15.9 Å². The predicted octanol–water partition coefficient (Wildman–Crippen LogP) is 2.74. The van der Waals surface area contributed by atoms with Crippen LogP contribution in [0.5, 0.6) is 17.2 Å². The molecule has 0 unspecified atom stereocenters. The molecule has 4 rings (SSSR count). The Morgan fingerprint density at radius 2 is 1.72 bits per heavy atom. The maximum atomic E-state index is 12.9. The topological polar surface area (TPSA) is 94.2 Å². The first-order valence-corrected chi connectivity index (χ1v) is 12.2. The van der Waals surface area contributed by atoms with Gasteiger partial charge in [0.15, 0.2) is 11.5 Å². The van der Waals surface area contributed by atoms with Gasteiger partial charge in [0.25, 0.3) is 0 Å². The smallest absolute Gasteiger partial charge is 0.243 e. The number of nitrogens with zero attached hydrogens (tertiary/aromatic N) is 1. The predicted molar refractivity (Wildman–Crippen MR) is 118 cm³/mol. The number of rotatable bonds is 6. The number of amides is 1. The SMILES string of the molecule is COc1ccc(S(=O)(=O)N2CCC(C(=O)N[C@H](C)c3ccc4c(c3)OCCO4)CC2)cc1. The lowest BCUT2D eigenvalue weighted by molar-refractivity contribution is -0.126. The van der Waals surface area contributed by atoms with Crippen LogP contribution >= 0.6 is 0 Å². The summed E-state index contributed by atoms with van der Waals surface area (Å²) in [6, 6.07) is 11.8. The van der Waals surface area contributed by atoms with Crippen LogP contribution in [0.2, 0.25) is 0 Å². The van der Waals surface area contributed by atoms with Gasteiger partial charge in [0.1, 0.15) is 19.0 Å². The molecule has 172 valence electrons. The van der Waals surface area contributed by atoms with Crippen LogP contribution in [-0.4, -0.2) is 52.0 Å². The third-order valence-electron chi connectivity index (χ3n) is 5.95. The second-order valence-electron chi connectivity index (χ2n) is 7.99. The summed E-state index contributed by atoms with van der Waals surface area (Å²) in [4.78, 5) is 13.0. The van der Waals surface area contributed by atoms with E-state index in [0.29, 0.717) is 56.4 Å². The van der Waals surface area contributed by atoms with Gasteiger partial charge >= 0.3 is 0 Å². The number of hydrogen-bond acceptors (Lipinski definition) is 6. The van der Waals surface area contributed by atoms with Gasteiger partial charge in [-0.05, 0) is 61.7 Å². The number of carbonyl (C=O) groups is 1. The van der Waals surface area contributed by atoms with E-state index in [-0.39, 0.29) is 22.8 Å². The standard InChI is InChI=1S/C23H28N2O6S/c1-16(18-3-8-21-22(15-18)31-14-13-30-21)24-23(26)17-9-11-25(12-10-17)32(27,28)20-6-4-19(29-2)5-7-20/h3-8,15-17H,9-14H2,1-2H3,(H,24,26)/t16-/m1/s1. The van der Waals surface area contributed by atoms with E-state index < -0.39 is 10.0 Å². The minimum absolute atomic E-state index is 0.0612. The molecule has 0 aliphatic carbocycles. The number of hydrogen-bond donors (Lipinski definition) is 1. The van der Waals surface area contributed by atoms with Gasteiger partial charge < -0.3 is 19.5 Å². The highest BCUT2D eigenvalue weighted by Crippen LogP contribution is 2.33. The number of nitrogens with one attached hydrogen (secondary N) is 1. The van der Waals surface area contributed by atoms with Crippen molar-refractivity contribution in [3.63, 3.8) is 0 Å². The Labute approximate surface area is 188 Å². The molecule has 1 amide bonds. The van der Waals surface area contributed by atoms with Gasteiger partial charge in [0, 0.05) is 19.0 Å². The van der Waals surface area contributed by atoms with Crippen molar-refractivity contribution in [2.45, 2.75) is 30.7 Å². The maximum absolute atomic E-state index is 12.9.